The number of likely N-dealkylation sites (tertiary alicyclic amines) is 1. The minimum absolute atomic E-state index is 0.193. The van der Waals surface area contributed by atoms with E-state index in [2.05, 4.69) is 16.3 Å². The summed E-state index contributed by atoms with van der Waals surface area (Å²) in [5, 5.41) is 4.29. The van der Waals surface area contributed by atoms with Crippen LogP contribution in [0.25, 0.3) is 0 Å². The molecular formula is C17H19N3O2S. The van der Waals surface area contributed by atoms with Gasteiger partial charge in [0.1, 0.15) is 6.04 Å². The van der Waals surface area contributed by atoms with Crippen molar-refractivity contribution in [3.63, 3.8) is 0 Å². The molecule has 0 bridgehead atoms. The van der Waals surface area contributed by atoms with Crippen molar-refractivity contribution >= 4 is 23.3 Å². The summed E-state index contributed by atoms with van der Waals surface area (Å²) in [4.78, 5) is 27.2. The van der Waals surface area contributed by atoms with E-state index in [1.165, 1.54) is 4.88 Å². The number of hydrogen-bond acceptors (Lipinski definition) is 4. The lowest BCUT2D eigenvalue weighted by atomic mass is 10.0. The Balaban J connectivity index is 1.94. The lowest BCUT2D eigenvalue weighted by Crippen LogP contribution is -2.44. The van der Waals surface area contributed by atoms with Crippen LogP contribution in [0.1, 0.15) is 35.4 Å². The first-order valence-corrected chi connectivity index (χ1v) is 8.49. The SMILES string of the molecule is NC(=O)NC(=O)[C@@H](c1ccccc1)N1CCC[C@@H]1c1cccs1. The first-order chi connectivity index (χ1) is 11.2. The van der Waals surface area contributed by atoms with Gasteiger partial charge < -0.3 is 5.73 Å². The molecule has 1 aromatic carbocycles. The van der Waals surface area contributed by atoms with E-state index in [9.17, 15) is 9.59 Å². The Bertz CT molecular complexity index is 672. The molecule has 1 saturated heterocycles. The summed E-state index contributed by atoms with van der Waals surface area (Å²) in [7, 11) is 0. The summed E-state index contributed by atoms with van der Waals surface area (Å²) in [5.74, 6) is -0.368. The van der Waals surface area contributed by atoms with Gasteiger partial charge in [0.2, 0.25) is 5.91 Å². The lowest BCUT2D eigenvalue weighted by Gasteiger charge is -2.31. The number of amides is 3. The van der Waals surface area contributed by atoms with Crippen LogP contribution in [0, 0.1) is 0 Å². The van der Waals surface area contributed by atoms with Crippen LogP contribution in [0.15, 0.2) is 47.8 Å². The second-order valence-corrected chi connectivity index (χ2v) is 6.56. The molecule has 1 aromatic heterocycles. The van der Waals surface area contributed by atoms with Gasteiger partial charge in [-0.2, -0.15) is 0 Å². The van der Waals surface area contributed by atoms with Gasteiger partial charge in [0, 0.05) is 10.9 Å². The number of urea groups is 1. The van der Waals surface area contributed by atoms with Crippen LogP contribution in [-0.2, 0) is 4.79 Å². The maximum Gasteiger partial charge on any atom is 0.318 e. The Morgan fingerprint density at radius 3 is 2.65 bits per heavy atom. The Labute approximate surface area is 139 Å². The van der Waals surface area contributed by atoms with E-state index in [-0.39, 0.29) is 11.9 Å². The van der Waals surface area contributed by atoms with Gasteiger partial charge in [0.05, 0.1) is 0 Å². The average Bonchev–Trinajstić information content (AvgIpc) is 3.18. The van der Waals surface area contributed by atoms with E-state index in [0.717, 1.165) is 24.9 Å². The summed E-state index contributed by atoms with van der Waals surface area (Å²) in [5.41, 5.74) is 6.02. The third kappa shape index (κ3) is 3.43. The van der Waals surface area contributed by atoms with Gasteiger partial charge in [-0.1, -0.05) is 36.4 Å². The van der Waals surface area contributed by atoms with Crippen LogP contribution < -0.4 is 11.1 Å². The van der Waals surface area contributed by atoms with Crippen molar-refractivity contribution in [3.8, 4) is 0 Å². The van der Waals surface area contributed by atoms with Gasteiger partial charge in [-0.3, -0.25) is 15.0 Å². The molecule has 0 radical (unpaired) electrons. The van der Waals surface area contributed by atoms with Crippen LogP contribution in [-0.4, -0.2) is 23.4 Å². The van der Waals surface area contributed by atoms with Crippen molar-refractivity contribution in [2.45, 2.75) is 24.9 Å². The maximum atomic E-state index is 12.6. The van der Waals surface area contributed by atoms with Crippen LogP contribution in [0.3, 0.4) is 0 Å². The monoisotopic (exact) mass is 329 g/mol. The third-order valence-corrected chi connectivity index (χ3v) is 5.08. The molecule has 2 heterocycles. The molecule has 2 atom stereocenters. The van der Waals surface area contributed by atoms with Crippen LogP contribution in [0.2, 0.25) is 0 Å². The van der Waals surface area contributed by atoms with Crippen molar-refractivity contribution in [3.05, 3.63) is 58.3 Å². The largest absolute Gasteiger partial charge is 0.351 e. The number of hydrogen-bond donors (Lipinski definition) is 2. The molecule has 3 amide bonds. The quantitative estimate of drug-likeness (QED) is 0.905. The standard InChI is InChI=1S/C17H19N3O2S/c18-17(22)19-16(21)15(12-6-2-1-3-7-12)20-10-4-8-13(20)14-9-5-11-23-14/h1-3,5-7,9,11,13,15H,4,8,10H2,(H3,18,19,21,22)/t13-,15-/m1/s1. The molecule has 1 aliphatic rings. The summed E-state index contributed by atoms with van der Waals surface area (Å²) in [6.07, 6.45) is 2.03. The van der Waals surface area contributed by atoms with Gasteiger partial charge in [-0.05, 0) is 36.4 Å². The maximum absolute atomic E-state index is 12.6. The lowest BCUT2D eigenvalue weighted by molar-refractivity contribution is -0.126. The first kappa shape index (κ1) is 15.7. The van der Waals surface area contributed by atoms with Gasteiger partial charge >= 0.3 is 6.03 Å². The Morgan fingerprint density at radius 1 is 1.22 bits per heavy atom. The molecule has 1 fully saturated rings. The van der Waals surface area contributed by atoms with Gasteiger partial charge in [-0.15, -0.1) is 11.3 Å². The number of benzene rings is 1. The topological polar surface area (TPSA) is 75.4 Å². The Kier molecular flexibility index (Phi) is 4.73. The molecule has 0 aliphatic carbocycles. The normalized spacial score (nSPS) is 19.4. The number of nitrogens with zero attached hydrogens (tertiary/aromatic N) is 1. The molecule has 3 N–H and O–H groups in total. The number of primary amides is 1. The van der Waals surface area contributed by atoms with E-state index >= 15 is 0 Å². The summed E-state index contributed by atoms with van der Waals surface area (Å²) in [6, 6.07) is 12.5. The first-order valence-electron chi connectivity index (χ1n) is 7.61. The fraction of sp³-hybridized carbons (Fsp3) is 0.294. The van der Waals surface area contributed by atoms with E-state index < -0.39 is 12.1 Å². The second-order valence-electron chi connectivity index (χ2n) is 5.58. The second kappa shape index (κ2) is 6.93. The van der Waals surface area contributed by atoms with Crippen LogP contribution >= 0.6 is 11.3 Å². The number of carbonyl (C=O) groups is 2. The number of imide groups is 1. The summed E-state index contributed by atoms with van der Waals surface area (Å²) in [6.45, 7) is 0.814. The van der Waals surface area contributed by atoms with E-state index in [1.54, 1.807) is 11.3 Å². The smallest absolute Gasteiger partial charge is 0.318 e. The highest BCUT2D eigenvalue weighted by atomic mass is 32.1. The molecule has 0 unspecified atom stereocenters. The highest BCUT2D eigenvalue weighted by molar-refractivity contribution is 7.10. The van der Waals surface area contributed by atoms with Crippen molar-refractivity contribution in [2.24, 2.45) is 5.73 Å². The number of nitrogens with one attached hydrogen (secondary N) is 1. The van der Waals surface area contributed by atoms with Crippen molar-refractivity contribution in [1.29, 1.82) is 0 Å². The van der Waals surface area contributed by atoms with Crippen LogP contribution in [0.5, 0.6) is 0 Å². The predicted octanol–water partition coefficient (Wildman–Crippen LogP) is 2.82. The van der Waals surface area contributed by atoms with Gasteiger partial charge in [0.15, 0.2) is 0 Å². The summed E-state index contributed by atoms with van der Waals surface area (Å²) < 4.78 is 0. The van der Waals surface area contributed by atoms with Crippen LogP contribution in [0.4, 0.5) is 4.79 Å². The molecule has 2 aromatic rings. The Hall–Kier alpha value is -2.18. The molecular weight excluding hydrogens is 310 g/mol. The van der Waals surface area contributed by atoms with Gasteiger partial charge in [-0.25, -0.2) is 4.79 Å². The third-order valence-electron chi connectivity index (χ3n) is 4.11. The van der Waals surface area contributed by atoms with Gasteiger partial charge in [0.25, 0.3) is 0 Å². The number of rotatable bonds is 4. The van der Waals surface area contributed by atoms with Crippen molar-refractivity contribution < 1.29 is 9.59 Å². The Morgan fingerprint density at radius 2 is 2.00 bits per heavy atom. The molecule has 3 rings (SSSR count). The van der Waals surface area contributed by atoms with E-state index in [0.29, 0.717) is 0 Å². The molecule has 120 valence electrons. The number of thiophene rings is 1. The van der Waals surface area contributed by atoms with E-state index in [4.69, 9.17) is 5.73 Å². The zero-order valence-electron chi connectivity index (χ0n) is 12.6. The zero-order valence-corrected chi connectivity index (χ0v) is 13.5. The highest BCUT2D eigenvalue weighted by Crippen LogP contribution is 2.40. The predicted molar refractivity (Wildman–Crippen MR) is 89.9 cm³/mol. The fourth-order valence-electron chi connectivity index (χ4n) is 3.20. The molecule has 1 aliphatic heterocycles. The van der Waals surface area contributed by atoms with Crippen molar-refractivity contribution in [1.82, 2.24) is 10.2 Å². The highest BCUT2D eigenvalue weighted by Gasteiger charge is 2.37. The molecule has 5 nitrogen and oxygen atoms in total. The fourth-order valence-corrected chi connectivity index (χ4v) is 4.08. The molecule has 6 heteroatoms. The zero-order chi connectivity index (χ0) is 16.2. The summed E-state index contributed by atoms with van der Waals surface area (Å²) >= 11 is 1.70. The van der Waals surface area contributed by atoms with E-state index in [1.807, 2.05) is 41.8 Å². The minimum atomic E-state index is -0.817. The minimum Gasteiger partial charge on any atom is -0.351 e. The number of carbonyl (C=O) groups excluding carboxylic acids is 2. The number of nitrogens with two attached hydrogens (primary N) is 1. The molecule has 0 saturated carbocycles. The van der Waals surface area contributed by atoms with Crippen molar-refractivity contribution in [2.75, 3.05) is 6.54 Å². The average molecular weight is 329 g/mol. The molecule has 23 heavy (non-hydrogen) atoms. The molecule has 0 spiro atoms.